The summed E-state index contributed by atoms with van der Waals surface area (Å²) < 4.78 is 0. The second kappa shape index (κ2) is 8.32. The summed E-state index contributed by atoms with van der Waals surface area (Å²) in [4.78, 5) is 13.2. The van der Waals surface area contributed by atoms with Crippen molar-refractivity contribution < 1.29 is 4.79 Å². The van der Waals surface area contributed by atoms with Gasteiger partial charge in [-0.25, -0.2) is 0 Å². The van der Waals surface area contributed by atoms with Crippen molar-refractivity contribution in [3.05, 3.63) is 56.7 Å². The van der Waals surface area contributed by atoms with Crippen molar-refractivity contribution in [3.63, 3.8) is 0 Å². The Morgan fingerprint density at radius 2 is 2.00 bits per heavy atom. The molecule has 0 spiro atoms. The lowest BCUT2D eigenvalue weighted by Crippen LogP contribution is -2.35. The Bertz CT molecular complexity index is 609. The first-order valence-corrected chi connectivity index (χ1v) is 8.64. The Hall–Kier alpha value is -1.36. The molecule has 1 amide bonds. The average molecular weight is 337 g/mol. The van der Waals surface area contributed by atoms with E-state index in [0.717, 1.165) is 17.0 Å². The van der Waals surface area contributed by atoms with Gasteiger partial charge in [0.25, 0.3) is 0 Å². The van der Waals surface area contributed by atoms with E-state index in [1.807, 2.05) is 29.6 Å². The van der Waals surface area contributed by atoms with E-state index in [1.165, 1.54) is 10.4 Å². The Labute approximate surface area is 140 Å². The van der Waals surface area contributed by atoms with Gasteiger partial charge in [0.2, 0.25) is 5.91 Å². The summed E-state index contributed by atoms with van der Waals surface area (Å²) in [5, 5.41) is 9.02. The molecule has 3 nitrogen and oxygen atoms in total. The molecular weight excluding hydrogens is 316 g/mol. The van der Waals surface area contributed by atoms with Crippen molar-refractivity contribution in [1.82, 2.24) is 10.6 Å². The fraction of sp³-hybridized carbons (Fsp3) is 0.353. The van der Waals surface area contributed by atoms with E-state index in [-0.39, 0.29) is 11.9 Å². The molecule has 2 N–H and O–H groups in total. The molecule has 0 aliphatic rings. The number of benzene rings is 1. The summed E-state index contributed by atoms with van der Waals surface area (Å²) in [6.07, 6.45) is 0.916. The molecule has 5 heteroatoms. The zero-order chi connectivity index (χ0) is 15.9. The first-order chi connectivity index (χ1) is 10.6. The molecule has 1 aromatic heterocycles. The summed E-state index contributed by atoms with van der Waals surface area (Å²) in [7, 11) is 0. The highest BCUT2D eigenvalue weighted by Gasteiger charge is 2.11. The van der Waals surface area contributed by atoms with Crippen LogP contribution in [0, 0.1) is 6.92 Å². The van der Waals surface area contributed by atoms with Crippen LogP contribution in [0.1, 0.15) is 35.4 Å². The quantitative estimate of drug-likeness (QED) is 0.800. The van der Waals surface area contributed by atoms with Crippen molar-refractivity contribution in [1.29, 1.82) is 0 Å². The number of amides is 1. The minimum atomic E-state index is 0.0141. The lowest BCUT2D eigenvalue weighted by Gasteiger charge is -2.17. The summed E-state index contributed by atoms with van der Waals surface area (Å²) in [6, 6.07) is 9.97. The number of rotatable bonds is 7. The van der Waals surface area contributed by atoms with Crippen LogP contribution in [0.5, 0.6) is 0 Å². The van der Waals surface area contributed by atoms with Gasteiger partial charge in [-0.1, -0.05) is 30.7 Å². The van der Waals surface area contributed by atoms with Crippen LogP contribution in [0.15, 0.2) is 35.7 Å². The summed E-state index contributed by atoms with van der Waals surface area (Å²) >= 11 is 7.58. The third-order valence-corrected chi connectivity index (χ3v) is 4.88. The lowest BCUT2D eigenvalue weighted by molar-refractivity contribution is -0.120. The fourth-order valence-electron chi connectivity index (χ4n) is 2.24. The molecule has 1 heterocycles. The van der Waals surface area contributed by atoms with E-state index in [9.17, 15) is 4.79 Å². The number of halogens is 1. The van der Waals surface area contributed by atoms with Crippen LogP contribution in [0.25, 0.3) is 0 Å². The molecule has 0 fully saturated rings. The largest absolute Gasteiger partial charge is 0.350 e. The van der Waals surface area contributed by atoms with Gasteiger partial charge in [-0.3, -0.25) is 4.79 Å². The number of aryl methyl sites for hydroxylation is 1. The minimum Gasteiger partial charge on any atom is -0.350 e. The molecule has 0 bridgehead atoms. The minimum absolute atomic E-state index is 0.0141. The van der Waals surface area contributed by atoms with Gasteiger partial charge in [0.05, 0.1) is 13.1 Å². The number of thiophene rings is 1. The Kier molecular flexibility index (Phi) is 6.43. The van der Waals surface area contributed by atoms with Gasteiger partial charge in [0, 0.05) is 15.9 Å². The second-order valence-corrected chi connectivity index (χ2v) is 6.63. The van der Waals surface area contributed by atoms with Crippen LogP contribution in [-0.4, -0.2) is 12.5 Å². The van der Waals surface area contributed by atoms with Crippen molar-refractivity contribution >= 4 is 28.8 Å². The molecule has 0 aliphatic carbocycles. The maximum absolute atomic E-state index is 12.0. The van der Waals surface area contributed by atoms with Crippen molar-refractivity contribution in [2.45, 2.75) is 32.9 Å². The number of hydrogen-bond acceptors (Lipinski definition) is 3. The molecule has 0 saturated heterocycles. The van der Waals surface area contributed by atoms with E-state index in [2.05, 4.69) is 30.5 Å². The molecule has 118 valence electrons. The number of carbonyl (C=O) groups excluding carboxylic acids is 1. The van der Waals surface area contributed by atoms with Crippen molar-refractivity contribution in [2.24, 2.45) is 0 Å². The molecule has 1 aromatic carbocycles. The highest BCUT2D eigenvalue weighted by molar-refractivity contribution is 7.10. The van der Waals surface area contributed by atoms with E-state index in [1.54, 1.807) is 11.3 Å². The van der Waals surface area contributed by atoms with Crippen molar-refractivity contribution in [3.8, 4) is 0 Å². The van der Waals surface area contributed by atoms with Gasteiger partial charge < -0.3 is 10.6 Å². The fourth-order valence-corrected chi connectivity index (χ4v) is 3.21. The third kappa shape index (κ3) is 4.83. The van der Waals surface area contributed by atoms with Crippen LogP contribution < -0.4 is 10.6 Å². The Morgan fingerprint density at radius 3 is 2.59 bits per heavy atom. The molecule has 2 rings (SSSR count). The van der Waals surface area contributed by atoms with Crippen LogP contribution in [0.2, 0.25) is 5.02 Å². The summed E-state index contributed by atoms with van der Waals surface area (Å²) in [5.74, 6) is 0.0141. The second-order valence-electron chi connectivity index (χ2n) is 5.20. The Morgan fingerprint density at radius 1 is 1.27 bits per heavy atom. The molecule has 0 radical (unpaired) electrons. The first kappa shape index (κ1) is 17.0. The molecule has 1 unspecified atom stereocenters. The number of hydrogen-bond donors (Lipinski definition) is 2. The number of nitrogens with one attached hydrogen (secondary N) is 2. The van der Waals surface area contributed by atoms with Crippen LogP contribution >= 0.6 is 22.9 Å². The Balaban J connectivity index is 1.81. The van der Waals surface area contributed by atoms with E-state index >= 15 is 0 Å². The zero-order valence-corrected chi connectivity index (χ0v) is 14.4. The standard InChI is InChI=1S/C17H21ClN2OS/c1-3-15(13-4-6-14(18)7-5-13)19-11-17(21)20-10-16-12(2)8-9-22-16/h4-9,15,19H,3,10-11H2,1-2H3,(H,20,21). The molecule has 0 saturated carbocycles. The average Bonchev–Trinajstić information content (AvgIpc) is 2.92. The van der Waals surface area contributed by atoms with E-state index in [4.69, 9.17) is 11.6 Å². The maximum Gasteiger partial charge on any atom is 0.234 e. The molecule has 2 aromatic rings. The lowest BCUT2D eigenvalue weighted by atomic mass is 10.0. The third-order valence-electron chi connectivity index (χ3n) is 3.60. The normalized spacial score (nSPS) is 12.1. The van der Waals surface area contributed by atoms with Gasteiger partial charge in [-0.05, 0) is 48.1 Å². The first-order valence-electron chi connectivity index (χ1n) is 7.38. The zero-order valence-electron chi connectivity index (χ0n) is 12.9. The van der Waals surface area contributed by atoms with Gasteiger partial charge >= 0.3 is 0 Å². The van der Waals surface area contributed by atoms with E-state index in [0.29, 0.717) is 13.1 Å². The van der Waals surface area contributed by atoms with Crippen LogP contribution in [-0.2, 0) is 11.3 Å². The topological polar surface area (TPSA) is 41.1 Å². The number of carbonyl (C=O) groups is 1. The van der Waals surface area contributed by atoms with Gasteiger partial charge in [0.15, 0.2) is 0 Å². The van der Waals surface area contributed by atoms with Crippen LogP contribution in [0.4, 0.5) is 0 Å². The van der Waals surface area contributed by atoms with Gasteiger partial charge in [-0.15, -0.1) is 11.3 Å². The smallest absolute Gasteiger partial charge is 0.234 e. The van der Waals surface area contributed by atoms with Crippen LogP contribution in [0.3, 0.4) is 0 Å². The predicted molar refractivity (Wildman–Crippen MR) is 93.4 cm³/mol. The molecular formula is C17H21ClN2OS. The molecule has 0 aliphatic heterocycles. The molecule has 1 atom stereocenters. The van der Waals surface area contributed by atoms with E-state index < -0.39 is 0 Å². The highest BCUT2D eigenvalue weighted by atomic mass is 35.5. The molecule has 22 heavy (non-hydrogen) atoms. The SMILES string of the molecule is CCC(NCC(=O)NCc1sccc1C)c1ccc(Cl)cc1. The highest BCUT2D eigenvalue weighted by Crippen LogP contribution is 2.19. The monoisotopic (exact) mass is 336 g/mol. The van der Waals surface area contributed by atoms with Gasteiger partial charge in [-0.2, -0.15) is 0 Å². The summed E-state index contributed by atoms with van der Waals surface area (Å²) in [5.41, 5.74) is 2.37. The predicted octanol–water partition coefficient (Wildman–Crippen LogP) is 4.07. The van der Waals surface area contributed by atoms with Gasteiger partial charge in [0.1, 0.15) is 0 Å². The maximum atomic E-state index is 12.0. The summed E-state index contributed by atoms with van der Waals surface area (Å²) in [6.45, 7) is 5.07. The van der Waals surface area contributed by atoms with Crippen molar-refractivity contribution in [2.75, 3.05) is 6.54 Å².